The number of pyridine rings is 3. The lowest BCUT2D eigenvalue weighted by atomic mass is 9.95. The van der Waals surface area contributed by atoms with Crippen molar-refractivity contribution < 1.29 is 0 Å². The summed E-state index contributed by atoms with van der Waals surface area (Å²) in [6, 6.07) is 8.79. The van der Waals surface area contributed by atoms with E-state index in [-0.39, 0.29) is 0 Å². The zero-order valence-electron chi connectivity index (χ0n) is 18.2. The van der Waals surface area contributed by atoms with E-state index in [1.165, 1.54) is 32.1 Å². The molecule has 4 heterocycles. The second kappa shape index (κ2) is 9.77. The Hall–Kier alpha value is -3.48. The van der Waals surface area contributed by atoms with E-state index >= 15 is 0 Å². The average Bonchev–Trinajstić information content (AvgIpc) is 3.36. The molecule has 4 aromatic rings. The fourth-order valence-electron chi connectivity index (χ4n) is 4.39. The Morgan fingerprint density at radius 2 is 1.94 bits per heavy atom. The van der Waals surface area contributed by atoms with E-state index in [2.05, 4.69) is 42.3 Å². The summed E-state index contributed by atoms with van der Waals surface area (Å²) in [4.78, 5) is 18.0. The molecule has 1 aliphatic carbocycles. The van der Waals surface area contributed by atoms with E-state index in [4.69, 9.17) is 4.98 Å². The molecule has 0 unspecified atom stereocenters. The zero-order chi connectivity index (χ0) is 21.6. The Bertz CT molecular complexity index is 1150. The molecule has 1 fully saturated rings. The third-order valence-corrected chi connectivity index (χ3v) is 6.09. The highest BCUT2D eigenvalue weighted by molar-refractivity contribution is 5.94. The molecule has 0 atom stereocenters. The van der Waals surface area contributed by atoms with Crippen molar-refractivity contribution in [2.45, 2.75) is 51.1 Å². The van der Waals surface area contributed by atoms with Gasteiger partial charge >= 0.3 is 0 Å². The first-order valence-electron chi connectivity index (χ1n) is 11.5. The summed E-state index contributed by atoms with van der Waals surface area (Å²) in [5, 5.41) is 9.32. The summed E-state index contributed by atoms with van der Waals surface area (Å²) in [7, 11) is 0. The predicted molar refractivity (Wildman–Crippen MR) is 129 cm³/mol. The van der Waals surface area contributed by atoms with Crippen LogP contribution in [0.1, 0.15) is 38.5 Å². The molecule has 0 spiro atoms. The van der Waals surface area contributed by atoms with Gasteiger partial charge in [0.25, 0.3) is 0 Å². The van der Waals surface area contributed by atoms with Gasteiger partial charge < -0.3 is 15.2 Å². The number of anilines is 2. The number of nitrogens with one attached hydrogen (secondary N) is 2. The van der Waals surface area contributed by atoms with E-state index in [1.807, 2.05) is 49.4 Å². The van der Waals surface area contributed by atoms with Crippen LogP contribution in [0.4, 0.5) is 11.6 Å². The standard InChI is InChI=1S/C25H29N7/c1-2-5-21(6-3-1)30-24-16-19(7-11-28-24)23-15-20-17-26-10-8-22(20)25(31-23)29-9-4-13-32-14-12-27-18-32/h7-8,10-12,14-18,21H,1-6,9,13H2,(H,28,30)(H,29,31). The maximum Gasteiger partial charge on any atom is 0.134 e. The van der Waals surface area contributed by atoms with Crippen LogP contribution in [0.2, 0.25) is 0 Å². The van der Waals surface area contributed by atoms with Crippen LogP contribution in [0, 0.1) is 0 Å². The van der Waals surface area contributed by atoms with Crippen LogP contribution in [-0.2, 0) is 6.54 Å². The summed E-state index contributed by atoms with van der Waals surface area (Å²) in [6.45, 7) is 1.75. The van der Waals surface area contributed by atoms with E-state index < -0.39 is 0 Å². The second-order valence-corrected chi connectivity index (χ2v) is 8.44. The molecular weight excluding hydrogens is 398 g/mol. The maximum absolute atomic E-state index is 4.98. The number of aryl methyl sites for hydroxylation is 1. The quantitative estimate of drug-likeness (QED) is 0.379. The van der Waals surface area contributed by atoms with Crippen LogP contribution in [0.15, 0.2) is 61.6 Å². The minimum absolute atomic E-state index is 0.521. The van der Waals surface area contributed by atoms with Crippen LogP contribution in [0.5, 0.6) is 0 Å². The number of hydrogen-bond donors (Lipinski definition) is 2. The van der Waals surface area contributed by atoms with Crippen LogP contribution in [0.25, 0.3) is 22.0 Å². The number of aromatic nitrogens is 5. The molecule has 0 bridgehead atoms. The smallest absolute Gasteiger partial charge is 0.134 e. The Balaban J connectivity index is 1.36. The van der Waals surface area contributed by atoms with Gasteiger partial charge in [0.1, 0.15) is 11.6 Å². The Morgan fingerprint density at radius 3 is 2.81 bits per heavy atom. The summed E-state index contributed by atoms with van der Waals surface area (Å²) in [5.74, 6) is 1.82. The number of nitrogens with zero attached hydrogens (tertiary/aromatic N) is 5. The summed E-state index contributed by atoms with van der Waals surface area (Å²) < 4.78 is 2.09. The molecule has 1 aliphatic rings. The molecule has 0 aromatic carbocycles. The van der Waals surface area contributed by atoms with E-state index in [0.29, 0.717) is 6.04 Å². The number of hydrogen-bond acceptors (Lipinski definition) is 6. The predicted octanol–water partition coefficient (Wildman–Crippen LogP) is 5.14. The van der Waals surface area contributed by atoms with Gasteiger partial charge in [-0.3, -0.25) is 4.98 Å². The first-order valence-corrected chi connectivity index (χ1v) is 11.5. The molecule has 4 aromatic heterocycles. The Kier molecular flexibility index (Phi) is 6.23. The van der Waals surface area contributed by atoms with Crippen molar-refractivity contribution in [2.75, 3.05) is 17.2 Å². The van der Waals surface area contributed by atoms with Gasteiger partial charge in [-0.2, -0.15) is 0 Å². The van der Waals surface area contributed by atoms with Crippen molar-refractivity contribution in [3.05, 3.63) is 61.6 Å². The number of fused-ring (bicyclic) bond motifs is 1. The SMILES string of the molecule is c1cc2c(NCCCn3ccnc3)nc(-c3ccnc(NC4CCCCC4)c3)cc2cn1. The van der Waals surface area contributed by atoms with Crippen molar-refractivity contribution in [2.24, 2.45) is 0 Å². The molecule has 0 saturated heterocycles. The van der Waals surface area contributed by atoms with Gasteiger partial charge in [-0.25, -0.2) is 15.0 Å². The van der Waals surface area contributed by atoms with E-state index in [9.17, 15) is 0 Å². The van der Waals surface area contributed by atoms with Gasteiger partial charge in [-0.1, -0.05) is 19.3 Å². The van der Waals surface area contributed by atoms with Crippen LogP contribution in [0.3, 0.4) is 0 Å². The van der Waals surface area contributed by atoms with Gasteiger partial charge in [0, 0.05) is 66.5 Å². The molecule has 7 heteroatoms. The zero-order valence-corrected chi connectivity index (χ0v) is 18.2. The Morgan fingerprint density at radius 1 is 1.00 bits per heavy atom. The summed E-state index contributed by atoms with van der Waals surface area (Å²) in [6.07, 6.45) is 18.6. The van der Waals surface area contributed by atoms with Gasteiger partial charge in [-0.05, 0) is 43.5 Å². The lowest BCUT2D eigenvalue weighted by Crippen LogP contribution is -2.22. The van der Waals surface area contributed by atoms with Crippen LogP contribution in [-0.4, -0.2) is 37.1 Å². The maximum atomic E-state index is 4.98. The summed E-state index contributed by atoms with van der Waals surface area (Å²) in [5.41, 5.74) is 1.99. The fraction of sp³-hybridized carbons (Fsp3) is 0.360. The molecule has 1 saturated carbocycles. The fourth-order valence-corrected chi connectivity index (χ4v) is 4.39. The third-order valence-electron chi connectivity index (χ3n) is 6.09. The highest BCUT2D eigenvalue weighted by Gasteiger charge is 2.14. The largest absolute Gasteiger partial charge is 0.369 e. The highest BCUT2D eigenvalue weighted by Crippen LogP contribution is 2.29. The summed E-state index contributed by atoms with van der Waals surface area (Å²) >= 11 is 0. The lowest BCUT2D eigenvalue weighted by Gasteiger charge is -2.23. The molecule has 0 amide bonds. The minimum Gasteiger partial charge on any atom is -0.369 e. The molecular formula is C25H29N7. The van der Waals surface area contributed by atoms with Gasteiger partial charge in [0.2, 0.25) is 0 Å². The monoisotopic (exact) mass is 427 g/mol. The molecule has 164 valence electrons. The molecule has 0 radical (unpaired) electrons. The Labute approximate surface area is 188 Å². The molecule has 7 nitrogen and oxygen atoms in total. The molecule has 5 rings (SSSR count). The number of rotatable bonds is 8. The van der Waals surface area contributed by atoms with Crippen molar-refractivity contribution in [1.29, 1.82) is 0 Å². The first kappa shape index (κ1) is 20.4. The van der Waals surface area contributed by atoms with Crippen molar-refractivity contribution in [3.8, 4) is 11.3 Å². The van der Waals surface area contributed by atoms with Crippen molar-refractivity contribution >= 4 is 22.4 Å². The van der Waals surface area contributed by atoms with Gasteiger partial charge in [0.05, 0.1) is 12.0 Å². The van der Waals surface area contributed by atoms with E-state index in [0.717, 1.165) is 53.2 Å². The number of imidazole rings is 1. The van der Waals surface area contributed by atoms with E-state index in [1.54, 1.807) is 0 Å². The van der Waals surface area contributed by atoms with Crippen molar-refractivity contribution in [1.82, 2.24) is 24.5 Å². The first-order chi connectivity index (χ1) is 15.8. The second-order valence-electron chi connectivity index (χ2n) is 8.44. The van der Waals surface area contributed by atoms with Gasteiger partial charge in [-0.15, -0.1) is 0 Å². The molecule has 32 heavy (non-hydrogen) atoms. The van der Waals surface area contributed by atoms with Crippen LogP contribution < -0.4 is 10.6 Å². The average molecular weight is 428 g/mol. The topological polar surface area (TPSA) is 80.5 Å². The molecule has 2 N–H and O–H groups in total. The lowest BCUT2D eigenvalue weighted by molar-refractivity contribution is 0.462. The van der Waals surface area contributed by atoms with Crippen molar-refractivity contribution in [3.63, 3.8) is 0 Å². The minimum atomic E-state index is 0.521. The normalized spacial score (nSPS) is 14.5. The van der Waals surface area contributed by atoms with Gasteiger partial charge in [0.15, 0.2) is 0 Å². The third kappa shape index (κ3) is 4.88. The molecule has 0 aliphatic heterocycles. The van der Waals surface area contributed by atoms with Crippen LogP contribution >= 0.6 is 0 Å². The highest BCUT2D eigenvalue weighted by atomic mass is 15.0.